The molecule has 0 radical (unpaired) electrons. The molecule has 0 spiro atoms. The Morgan fingerprint density at radius 3 is 2.28 bits per heavy atom. The number of nitrogens with zero attached hydrogens (tertiary/aromatic N) is 3. The Morgan fingerprint density at radius 2 is 1.64 bits per heavy atom. The summed E-state index contributed by atoms with van der Waals surface area (Å²) in [4.78, 5) is 22.9. The molecule has 0 atom stereocenters. The van der Waals surface area contributed by atoms with Crippen LogP contribution in [0, 0.1) is 17.0 Å². The van der Waals surface area contributed by atoms with Crippen LogP contribution in [0.3, 0.4) is 0 Å². The van der Waals surface area contributed by atoms with Crippen LogP contribution >= 0.6 is 11.6 Å². The molecule has 0 aromatic heterocycles. The van der Waals surface area contributed by atoms with Crippen LogP contribution in [-0.4, -0.2) is 25.5 Å². The van der Waals surface area contributed by atoms with Gasteiger partial charge < -0.3 is 0 Å². The number of hydrogen-bond donors (Lipinski definition) is 1. The van der Waals surface area contributed by atoms with E-state index in [1.807, 2.05) is 0 Å². The summed E-state index contributed by atoms with van der Waals surface area (Å²) in [7, 11) is -3.92. The van der Waals surface area contributed by atoms with Gasteiger partial charge in [-0.2, -0.15) is 5.10 Å². The lowest BCUT2D eigenvalue weighted by atomic mass is 10.1. The number of sulfonamides is 1. The maximum atomic E-state index is 13.6. The molecule has 1 amide bonds. The summed E-state index contributed by atoms with van der Waals surface area (Å²) in [6.07, 6.45) is 1.37. The molecule has 0 saturated heterocycles. The fourth-order valence-corrected chi connectivity index (χ4v) is 5.43. The maximum absolute atomic E-state index is 13.6. The number of hydrogen-bond acceptors (Lipinski definition) is 6. The van der Waals surface area contributed by atoms with Gasteiger partial charge in [0.1, 0.15) is 0 Å². The lowest BCUT2D eigenvalue weighted by Crippen LogP contribution is -2.31. The van der Waals surface area contributed by atoms with Crippen molar-refractivity contribution in [2.24, 2.45) is 5.10 Å². The third kappa shape index (κ3) is 6.49. The number of carbonyl (C=O) groups is 1. The number of amides is 1. The lowest BCUT2D eigenvalue weighted by Gasteiger charge is -2.26. The van der Waals surface area contributed by atoms with Crippen molar-refractivity contribution >= 4 is 45.1 Å². The number of hydrazone groups is 1. The van der Waals surface area contributed by atoms with E-state index < -0.39 is 20.9 Å². The van der Waals surface area contributed by atoms with E-state index in [9.17, 15) is 23.3 Å². The van der Waals surface area contributed by atoms with Gasteiger partial charge in [0.05, 0.1) is 28.3 Å². The zero-order valence-corrected chi connectivity index (χ0v) is 22.3. The molecule has 0 bridgehead atoms. The fraction of sp³-hybridized carbons (Fsp3) is 0.0714. The summed E-state index contributed by atoms with van der Waals surface area (Å²) < 4.78 is 28.6. The normalized spacial score (nSPS) is 11.3. The van der Waals surface area contributed by atoms with Crippen LogP contribution in [0.15, 0.2) is 107 Å². The highest BCUT2D eigenvalue weighted by atomic mass is 35.5. The molecule has 39 heavy (non-hydrogen) atoms. The van der Waals surface area contributed by atoms with E-state index in [-0.39, 0.29) is 17.1 Å². The molecule has 11 heteroatoms. The number of carbonyl (C=O) groups excluding carboxylic acids is 1. The predicted octanol–water partition coefficient (Wildman–Crippen LogP) is 5.72. The molecule has 0 saturated carbocycles. The van der Waals surface area contributed by atoms with Gasteiger partial charge in [-0.1, -0.05) is 48.0 Å². The number of benzene rings is 4. The summed E-state index contributed by atoms with van der Waals surface area (Å²) in [5.74, 6) is -0.473. The van der Waals surface area contributed by atoms with Crippen LogP contribution in [-0.2, 0) is 16.6 Å². The average molecular weight is 563 g/mol. The van der Waals surface area contributed by atoms with E-state index in [2.05, 4.69) is 10.5 Å². The molecule has 0 aliphatic carbocycles. The number of nitro groups is 1. The number of nitrogens with one attached hydrogen (secondary N) is 1. The highest BCUT2D eigenvalue weighted by Gasteiger charge is 2.27. The van der Waals surface area contributed by atoms with Crippen LogP contribution < -0.4 is 9.73 Å². The standard InChI is InChI=1S/C28H23ClN4O5S/c1-20-26(29)8-5-9-27(20)32(39(37,38)25-6-3-2-4-7-25)19-22-10-14-23(15-11-22)28(34)31-30-18-21-12-16-24(17-13-21)33(35)36/h2-18H,19H2,1H3,(H,31,34)/b30-18-. The largest absolute Gasteiger partial charge is 0.271 e. The molecule has 9 nitrogen and oxygen atoms in total. The van der Waals surface area contributed by atoms with E-state index >= 15 is 0 Å². The van der Waals surface area contributed by atoms with E-state index in [0.29, 0.717) is 33.0 Å². The molecule has 1 N–H and O–H groups in total. The Morgan fingerprint density at radius 1 is 0.974 bits per heavy atom. The minimum Gasteiger partial charge on any atom is -0.267 e. The summed E-state index contributed by atoms with van der Waals surface area (Å²) in [5, 5.41) is 15.1. The van der Waals surface area contributed by atoms with Gasteiger partial charge in [-0.05, 0) is 72.1 Å². The van der Waals surface area contributed by atoms with Gasteiger partial charge in [-0.15, -0.1) is 0 Å². The second-order valence-corrected chi connectivity index (χ2v) is 10.7. The smallest absolute Gasteiger partial charge is 0.267 e. The Labute approximate surface area is 230 Å². The third-order valence-electron chi connectivity index (χ3n) is 5.86. The van der Waals surface area contributed by atoms with Crippen molar-refractivity contribution in [3.8, 4) is 0 Å². The zero-order chi connectivity index (χ0) is 28.0. The van der Waals surface area contributed by atoms with E-state index in [1.165, 1.54) is 46.9 Å². The van der Waals surface area contributed by atoms with Crippen LogP contribution in [0.25, 0.3) is 0 Å². The van der Waals surface area contributed by atoms with Crippen molar-refractivity contribution in [1.82, 2.24) is 5.43 Å². The van der Waals surface area contributed by atoms with Gasteiger partial charge >= 0.3 is 0 Å². The van der Waals surface area contributed by atoms with Crippen molar-refractivity contribution < 1.29 is 18.1 Å². The van der Waals surface area contributed by atoms with Gasteiger partial charge in [0.25, 0.3) is 21.6 Å². The number of halogens is 1. The molecular formula is C28H23ClN4O5S. The van der Waals surface area contributed by atoms with Crippen LogP contribution in [0.1, 0.15) is 27.0 Å². The van der Waals surface area contributed by atoms with Crippen LogP contribution in [0.4, 0.5) is 11.4 Å². The molecule has 0 aliphatic rings. The molecular weight excluding hydrogens is 540 g/mol. The minimum atomic E-state index is -3.92. The van der Waals surface area contributed by atoms with Gasteiger partial charge in [-0.25, -0.2) is 13.8 Å². The first-order valence-corrected chi connectivity index (χ1v) is 13.5. The monoisotopic (exact) mass is 562 g/mol. The quantitative estimate of drug-likeness (QED) is 0.159. The Kier molecular flexibility index (Phi) is 8.38. The minimum absolute atomic E-state index is 0.0125. The summed E-state index contributed by atoms with van der Waals surface area (Å²) in [6, 6.07) is 25.4. The fourth-order valence-electron chi connectivity index (χ4n) is 3.73. The van der Waals surface area contributed by atoms with Crippen LogP contribution in [0.5, 0.6) is 0 Å². The second kappa shape index (κ2) is 11.9. The van der Waals surface area contributed by atoms with E-state index in [0.717, 1.165) is 0 Å². The summed E-state index contributed by atoms with van der Waals surface area (Å²) in [6.45, 7) is 1.77. The predicted molar refractivity (Wildman–Crippen MR) is 151 cm³/mol. The first-order valence-electron chi connectivity index (χ1n) is 11.7. The van der Waals surface area contributed by atoms with Crippen molar-refractivity contribution in [1.29, 1.82) is 0 Å². The first-order chi connectivity index (χ1) is 18.7. The lowest BCUT2D eigenvalue weighted by molar-refractivity contribution is -0.384. The zero-order valence-electron chi connectivity index (χ0n) is 20.7. The SMILES string of the molecule is Cc1c(Cl)cccc1N(Cc1ccc(C(=O)N/N=C\c2ccc([N+](=O)[O-])cc2)cc1)S(=O)(=O)c1ccccc1. The third-order valence-corrected chi connectivity index (χ3v) is 8.05. The molecule has 4 aromatic rings. The maximum Gasteiger partial charge on any atom is 0.271 e. The summed E-state index contributed by atoms with van der Waals surface area (Å²) >= 11 is 6.31. The first kappa shape index (κ1) is 27.5. The molecule has 0 unspecified atom stereocenters. The molecule has 4 rings (SSSR count). The Balaban J connectivity index is 1.52. The van der Waals surface area contributed by atoms with Gasteiger partial charge in [0, 0.05) is 22.7 Å². The number of nitro benzene ring substituents is 1. The van der Waals surface area contributed by atoms with Gasteiger partial charge in [-0.3, -0.25) is 19.2 Å². The van der Waals surface area contributed by atoms with Crippen molar-refractivity contribution in [3.63, 3.8) is 0 Å². The number of anilines is 1. The van der Waals surface area contributed by atoms with E-state index in [4.69, 9.17) is 11.6 Å². The molecule has 198 valence electrons. The number of rotatable bonds is 9. The second-order valence-electron chi connectivity index (χ2n) is 8.45. The van der Waals surface area contributed by atoms with Crippen molar-refractivity contribution in [3.05, 3.63) is 134 Å². The van der Waals surface area contributed by atoms with Gasteiger partial charge in [0.2, 0.25) is 0 Å². The van der Waals surface area contributed by atoms with E-state index in [1.54, 1.807) is 67.6 Å². The van der Waals surface area contributed by atoms with Crippen molar-refractivity contribution in [2.75, 3.05) is 4.31 Å². The number of non-ortho nitro benzene ring substituents is 1. The molecule has 0 aliphatic heterocycles. The Bertz CT molecular complexity index is 1630. The van der Waals surface area contributed by atoms with Gasteiger partial charge in [0.15, 0.2) is 0 Å². The summed E-state index contributed by atoms with van der Waals surface area (Å²) in [5.41, 5.74) is 4.98. The highest BCUT2D eigenvalue weighted by molar-refractivity contribution is 7.92. The topological polar surface area (TPSA) is 122 Å². The Hall–Kier alpha value is -4.54. The van der Waals surface area contributed by atoms with Crippen LogP contribution in [0.2, 0.25) is 5.02 Å². The highest BCUT2D eigenvalue weighted by Crippen LogP contribution is 2.32. The molecule has 0 fully saturated rings. The molecule has 4 aromatic carbocycles. The average Bonchev–Trinajstić information content (AvgIpc) is 2.94. The van der Waals surface area contributed by atoms with Crippen molar-refractivity contribution in [2.45, 2.75) is 18.4 Å². The molecule has 0 heterocycles.